The number of aromatic nitrogens is 3. The van der Waals surface area contributed by atoms with Gasteiger partial charge in [-0.3, -0.25) is 9.20 Å². The molecule has 0 spiro atoms. The number of nitrogens with one attached hydrogen (secondary N) is 1. The SMILES string of the molecule is O=C(Nc1cccc(-c2cn3cccnc3n2)c1)C1(c2ccccc2)CCOCC1. The fourth-order valence-corrected chi connectivity index (χ4v) is 4.10. The van der Waals surface area contributed by atoms with Crippen LogP contribution >= 0.6 is 0 Å². The molecule has 1 aliphatic rings. The number of hydrogen-bond donors (Lipinski definition) is 1. The molecule has 1 amide bonds. The van der Waals surface area contributed by atoms with Crippen molar-refractivity contribution in [1.82, 2.24) is 14.4 Å². The van der Waals surface area contributed by atoms with Crippen molar-refractivity contribution in [2.45, 2.75) is 18.3 Å². The minimum absolute atomic E-state index is 0.00539. The van der Waals surface area contributed by atoms with E-state index >= 15 is 0 Å². The first-order valence-electron chi connectivity index (χ1n) is 10.1. The molecule has 0 radical (unpaired) electrons. The third kappa shape index (κ3) is 3.35. The van der Waals surface area contributed by atoms with E-state index in [9.17, 15) is 4.79 Å². The summed E-state index contributed by atoms with van der Waals surface area (Å²) in [6, 6.07) is 19.7. The molecular weight excluding hydrogens is 376 g/mol. The van der Waals surface area contributed by atoms with Gasteiger partial charge in [0.1, 0.15) is 0 Å². The molecule has 1 saturated heterocycles. The largest absolute Gasteiger partial charge is 0.381 e. The Hall–Kier alpha value is -3.51. The Labute approximate surface area is 174 Å². The average Bonchev–Trinajstić information content (AvgIpc) is 3.25. The van der Waals surface area contributed by atoms with Crippen molar-refractivity contribution in [2.75, 3.05) is 18.5 Å². The van der Waals surface area contributed by atoms with Gasteiger partial charge in [0, 0.05) is 43.1 Å². The van der Waals surface area contributed by atoms with Gasteiger partial charge >= 0.3 is 0 Å². The van der Waals surface area contributed by atoms with E-state index in [-0.39, 0.29) is 5.91 Å². The normalized spacial score (nSPS) is 15.7. The van der Waals surface area contributed by atoms with Crippen molar-refractivity contribution in [3.8, 4) is 11.3 Å². The number of carbonyl (C=O) groups is 1. The molecule has 2 aromatic heterocycles. The Kier molecular flexibility index (Phi) is 4.77. The Bertz CT molecular complexity index is 1150. The highest BCUT2D eigenvalue weighted by Gasteiger charge is 2.41. The molecule has 6 nitrogen and oxygen atoms in total. The van der Waals surface area contributed by atoms with Crippen LogP contribution in [0.3, 0.4) is 0 Å². The minimum atomic E-state index is -0.581. The minimum Gasteiger partial charge on any atom is -0.381 e. The molecule has 5 rings (SSSR count). The molecule has 4 aromatic rings. The van der Waals surface area contributed by atoms with Crippen LogP contribution in [0.25, 0.3) is 17.0 Å². The van der Waals surface area contributed by atoms with Crippen molar-refractivity contribution in [2.24, 2.45) is 0 Å². The monoisotopic (exact) mass is 398 g/mol. The zero-order valence-corrected chi connectivity index (χ0v) is 16.5. The maximum Gasteiger partial charge on any atom is 0.235 e. The lowest BCUT2D eigenvalue weighted by Gasteiger charge is -2.36. The lowest BCUT2D eigenvalue weighted by molar-refractivity contribution is -0.125. The van der Waals surface area contributed by atoms with Crippen LogP contribution in [0.15, 0.2) is 79.3 Å². The van der Waals surface area contributed by atoms with Gasteiger partial charge in [0.25, 0.3) is 0 Å². The molecule has 0 bridgehead atoms. The number of fused-ring (bicyclic) bond motifs is 1. The summed E-state index contributed by atoms with van der Waals surface area (Å²) in [5.74, 6) is 0.651. The highest BCUT2D eigenvalue weighted by Crippen LogP contribution is 2.36. The number of rotatable bonds is 4. The van der Waals surface area contributed by atoms with Crippen molar-refractivity contribution in [1.29, 1.82) is 0 Å². The highest BCUT2D eigenvalue weighted by molar-refractivity contribution is 5.99. The lowest BCUT2D eigenvalue weighted by atomic mass is 9.73. The summed E-state index contributed by atoms with van der Waals surface area (Å²) in [5, 5.41) is 3.15. The molecule has 30 heavy (non-hydrogen) atoms. The van der Waals surface area contributed by atoms with Crippen LogP contribution < -0.4 is 5.32 Å². The van der Waals surface area contributed by atoms with E-state index in [0.717, 1.165) is 22.5 Å². The van der Waals surface area contributed by atoms with Gasteiger partial charge in [-0.25, -0.2) is 9.97 Å². The summed E-state index contributed by atoms with van der Waals surface area (Å²) < 4.78 is 7.44. The summed E-state index contributed by atoms with van der Waals surface area (Å²) >= 11 is 0. The number of amides is 1. The number of carbonyl (C=O) groups excluding carboxylic acids is 1. The predicted octanol–water partition coefficient (Wildman–Crippen LogP) is 4.08. The zero-order valence-electron chi connectivity index (χ0n) is 16.5. The Balaban J connectivity index is 1.45. The first-order chi connectivity index (χ1) is 14.7. The van der Waals surface area contributed by atoms with Crippen LogP contribution in [0, 0.1) is 0 Å². The fraction of sp³-hybridized carbons (Fsp3) is 0.208. The van der Waals surface area contributed by atoms with E-state index in [1.165, 1.54) is 0 Å². The smallest absolute Gasteiger partial charge is 0.235 e. The highest BCUT2D eigenvalue weighted by atomic mass is 16.5. The van der Waals surface area contributed by atoms with Crippen LogP contribution in [-0.4, -0.2) is 33.5 Å². The Morgan fingerprint density at radius 1 is 1.03 bits per heavy atom. The maximum atomic E-state index is 13.5. The van der Waals surface area contributed by atoms with Crippen LogP contribution in [0.1, 0.15) is 18.4 Å². The number of nitrogens with zero attached hydrogens (tertiary/aromatic N) is 3. The van der Waals surface area contributed by atoms with Crippen molar-refractivity contribution >= 4 is 17.4 Å². The summed E-state index contributed by atoms with van der Waals surface area (Å²) in [6.45, 7) is 1.16. The molecular formula is C24H22N4O2. The van der Waals surface area contributed by atoms with Crippen LogP contribution in [0.5, 0.6) is 0 Å². The van der Waals surface area contributed by atoms with Crippen LogP contribution in [-0.2, 0) is 14.9 Å². The molecule has 1 aliphatic heterocycles. The van der Waals surface area contributed by atoms with Gasteiger partial charge in [0.15, 0.2) is 0 Å². The quantitative estimate of drug-likeness (QED) is 0.562. The predicted molar refractivity (Wildman–Crippen MR) is 115 cm³/mol. The fourth-order valence-electron chi connectivity index (χ4n) is 4.10. The molecule has 1 N–H and O–H groups in total. The second kappa shape index (κ2) is 7.72. The summed E-state index contributed by atoms with van der Waals surface area (Å²) in [6.07, 6.45) is 6.91. The summed E-state index contributed by atoms with van der Waals surface area (Å²) in [4.78, 5) is 22.3. The van der Waals surface area contributed by atoms with Crippen LogP contribution in [0.4, 0.5) is 5.69 Å². The van der Waals surface area contributed by atoms with Crippen molar-refractivity contribution < 1.29 is 9.53 Å². The zero-order chi connectivity index (χ0) is 20.4. The summed E-state index contributed by atoms with van der Waals surface area (Å²) in [5.41, 5.74) is 2.95. The van der Waals surface area contributed by atoms with E-state index in [1.807, 2.05) is 77.5 Å². The lowest BCUT2D eigenvalue weighted by Crippen LogP contribution is -2.44. The van der Waals surface area contributed by atoms with Crippen molar-refractivity contribution in [3.63, 3.8) is 0 Å². The number of anilines is 1. The first-order valence-corrected chi connectivity index (χ1v) is 10.1. The van der Waals surface area contributed by atoms with E-state index < -0.39 is 5.41 Å². The molecule has 1 fully saturated rings. The standard InChI is InChI=1S/C24H22N4O2/c29-22(24(10-14-30-15-11-24)19-7-2-1-3-8-19)26-20-9-4-6-18(16-20)21-17-28-13-5-12-25-23(28)27-21/h1-9,12-13,16-17H,10-11,14-15H2,(H,26,29). The van der Waals surface area contributed by atoms with E-state index in [0.29, 0.717) is 31.8 Å². The number of benzene rings is 2. The molecule has 0 saturated carbocycles. The molecule has 2 aromatic carbocycles. The third-order valence-electron chi connectivity index (χ3n) is 5.76. The van der Waals surface area contributed by atoms with E-state index in [2.05, 4.69) is 15.3 Å². The maximum absolute atomic E-state index is 13.5. The van der Waals surface area contributed by atoms with Gasteiger partial charge in [-0.15, -0.1) is 0 Å². The molecule has 6 heteroatoms. The van der Waals surface area contributed by atoms with Gasteiger partial charge in [0.2, 0.25) is 11.7 Å². The average molecular weight is 398 g/mol. The van der Waals surface area contributed by atoms with E-state index in [4.69, 9.17) is 4.74 Å². The van der Waals surface area contributed by atoms with Gasteiger partial charge < -0.3 is 10.1 Å². The molecule has 0 unspecified atom stereocenters. The van der Waals surface area contributed by atoms with E-state index in [1.54, 1.807) is 6.20 Å². The molecule has 150 valence electrons. The summed E-state index contributed by atoms with van der Waals surface area (Å²) in [7, 11) is 0. The van der Waals surface area contributed by atoms with Crippen molar-refractivity contribution in [3.05, 3.63) is 84.8 Å². The van der Waals surface area contributed by atoms with Gasteiger partial charge in [0.05, 0.1) is 11.1 Å². The van der Waals surface area contributed by atoms with Gasteiger partial charge in [-0.2, -0.15) is 0 Å². The molecule has 3 heterocycles. The molecule has 0 aliphatic carbocycles. The third-order valence-corrected chi connectivity index (χ3v) is 5.76. The first kappa shape index (κ1) is 18.5. The molecule has 0 atom stereocenters. The number of ether oxygens (including phenoxy) is 1. The topological polar surface area (TPSA) is 68.5 Å². The Morgan fingerprint density at radius 3 is 2.67 bits per heavy atom. The second-order valence-corrected chi connectivity index (χ2v) is 7.55. The Morgan fingerprint density at radius 2 is 1.87 bits per heavy atom. The number of hydrogen-bond acceptors (Lipinski definition) is 4. The van der Waals surface area contributed by atoms with Crippen LogP contribution in [0.2, 0.25) is 0 Å². The van der Waals surface area contributed by atoms with Gasteiger partial charge in [-0.1, -0.05) is 42.5 Å². The van der Waals surface area contributed by atoms with Gasteiger partial charge in [-0.05, 0) is 36.6 Å². The second-order valence-electron chi connectivity index (χ2n) is 7.55. The number of imidazole rings is 1.